The molecule has 1 amide bonds. The number of benzene rings is 1. The molecular formula is C23H27N9O4. The van der Waals surface area contributed by atoms with Gasteiger partial charge in [0.05, 0.1) is 12.4 Å². The maximum Gasteiger partial charge on any atom is 0.249 e. The maximum atomic E-state index is 12.2. The van der Waals surface area contributed by atoms with Gasteiger partial charge in [-0.05, 0) is 37.3 Å². The number of fused-ring (bicyclic) bond motifs is 1. The Balaban J connectivity index is 1.37. The molecule has 1 saturated heterocycles. The number of nitrogens with one attached hydrogen (secondary N) is 2. The van der Waals surface area contributed by atoms with Crippen LogP contribution in [0.3, 0.4) is 0 Å². The Labute approximate surface area is 206 Å². The van der Waals surface area contributed by atoms with Crippen molar-refractivity contribution in [2.75, 3.05) is 12.4 Å². The zero-order chi connectivity index (χ0) is 25.1. The number of amides is 1. The van der Waals surface area contributed by atoms with Crippen LogP contribution in [0.5, 0.6) is 5.75 Å². The fourth-order valence-electron chi connectivity index (χ4n) is 4.73. The third-order valence-electron chi connectivity index (χ3n) is 6.58. The molecule has 13 nitrogen and oxygen atoms in total. The number of carbonyl (C=O) groups is 1. The van der Waals surface area contributed by atoms with Crippen molar-refractivity contribution >= 4 is 22.9 Å². The van der Waals surface area contributed by atoms with Gasteiger partial charge in [0.15, 0.2) is 23.2 Å². The van der Waals surface area contributed by atoms with Gasteiger partial charge in [0.1, 0.15) is 30.3 Å². The summed E-state index contributed by atoms with van der Waals surface area (Å²) >= 11 is 0. The van der Waals surface area contributed by atoms with Crippen LogP contribution in [0.25, 0.3) is 21.6 Å². The maximum absolute atomic E-state index is 12.2. The molecule has 1 aliphatic carbocycles. The van der Waals surface area contributed by atoms with Crippen LogP contribution in [-0.4, -0.2) is 61.9 Å². The molecule has 13 heteroatoms. The van der Waals surface area contributed by atoms with Crippen molar-refractivity contribution in [2.24, 2.45) is 5.11 Å². The summed E-state index contributed by atoms with van der Waals surface area (Å²) in [7, 11) is 1.44. The van der Waals surface area contributed by atoms with Gasteiger partial charge in [0, 0.05) is 24.1 Å². The van der Waals surface area contributed by atoms with E-state index in [9.17, 15) is 9.90 Å². The average Bonchev–Trinajstić information content (AvgIpc) is 3.63. The summed E-state index contributed by atoms with van der Waals surface area (Å²) in [6, 6.07) is 6.80. The third kappa shape index (κ3) is 4.51. The van der Waals surface area contributed by atoms with Crippen LogP contribution in [-0.2, 0) is 16.1 Å². The molecule has 36 heavy (non-hydrogen) atoms. The van der Waals surface area contributed by atoms with Gasteiger partial charge >= 0.3 is 0 Å². The molecule has 1 saturated carbocycles. The molecule has 4 unspecified atom stereocenters. The number of nitrogens with zero attached hydrogens (tertiary/aromatic N) is 7. The van der Waals surface area contributed by atoms with E-state index in [0.29, 0.717) is 23.5 Å². The summed E-state index contributed by atoms with van der Waals surface area (Å²) in [6.07, 6.45) is 4.14. The highest BCUT2D eigenvalue weighted by molar-refractivity contribution is 5.83. The zero-order valence-electron chi connectivity index (χ0n) is 19.7. The number of azide groups is 1. The van der Waals surface area contributed by atoms with Gasteiger partial charge in [-0.3, -0.25) is 9.36 Å². The lowest BCUT2D eigenvalue weighted by molar-refractivity contribution is -0.134. The van der Waals surface area contributed by atoms with Crippen LogP contribution >= 0.6 is 0 Å². The normalized spacial score (nSPS) is 23.9. The quantitative estimate of drug-likeness (QED) is 0.244. The first-order chi connectivity index (χ1) is 17.6. The first-order valence-corrected chi connectivity index (χ1v) is 11.9. The fraction of sp³-hybridized carbons (Fsp3) is 0.478. The molecule has 188 valence electrons. The molecule has 0 spiro atoms. The smallest absolute Gasteiger partial charge is 0.249 e. The lowest BCUT2D eigenvalue weighted by Crippen LogP contribution is -2.40. The number of hydrogen-bond acceptors (Lipinski definition) is 9. The second-order valence-electron chi connectivity index (χ2n) is 8.78. The molecule has 2 fully saturated rings. The van der Waals surface area contributed by atoms with E-state index in [1.807, 2.05) is 24.3 Å². The summed E-state index contributed by atoms with van der Waals surface area (Å²) in [5, 5.41) is 20.1. The molecule has 3 N–H and O–H groups in total. The minimum Gasteiger partial charge on any atom is -0.490 e. The van der Waals surface area contributed by atoms with E-state index in [-0.39, 0.29) is 6.10 Å². The summed E-state index contributed by atoms with van der Waals surface area (Å²) in [5.74, 6) is 0.838. The standard InChI is InChI=1S/C23H27N9O4/c1-25-22(34)19-16(30-31-24)18(33)23(36-19)32-12-29-17-20(27-11-28-21(17)32)26-10-13-6-2-5-9-15(13)35-14-7-3-4-8-14/h2,5-6,9,11-12,14,16,18-19,23,33H,3-4,7-8,10H2,1H3,(H,25,34)(H,26,27,28). The summed E-state index contributed by atoms with van der Waals surface area (Å²) in [5.41, 5.74) is 10.7. The number of hydrogen-bond donors (Lipinski definition) is 3. The predicted molar refractivity (Wildman–Crippen MR) is 129 cm³/mol. The van der Waals surface area contributed by atoms with Crippen LogP contribution in [0.2, 0.25) is 0 Å². The number of aliphatic hydroxyl groups is 1. The third-order valence-corrected chi connectivity index (χ3v) is 6.58. The number of anilines is 1. The highest BCUT2D eigenvalue weighted by Crippen LogP contribution is 2.34. The molecule has 1 aromatic carbocycles. The highest BCUT2D eigenvalue weighted by Gasteiger charge is 2.48. The molecule has 3 aromatic rings. The van der Waals surface area contributed by atoms with Crippen LogP contribution in [0, 0.1) is 0 Å². The number of imidazole rings is 1. The summed E-state index contributed by atoms with van der Waals surface area (Å²) in [6.45, 7) is 0.460. The second kappa shape index (κ2) is 10.4. The molecule has 0 bridgehead atoms. The lowest BCUT2D eigenvalue weighted by atomic mass is 10.1. The monoisotopic (exact) mass is 493 g/mol. The van der Waals surface area contributed by atoms with Gasteiger partial charge in [0.2, 0.25) is 5.91 Å². The minimum absolute atomic E-state index is 0.248. The van der Waals surface area contributed by atoms with Crippen molar-refractivity contribution < 1.29 is 19.4 Å². The Hall–Kier alpha value is -3.93. The van der Waals surface area contributed by atoms with Gasteiger partial charge in [-0.25, -0.2) is 15.0 Å². The molecule has 2 aromatic heterocycles. The molecule has 3 heterocycles. The van der Waals surface area contributed by atoms with E-state index in [0.717, 1.165) is 24.2 Å². The first-order valence-electron chi connectivity index (χ1n) is 11.9. The number of rotatable bonds is 8. The SMILES string of the molecule is CNC(=O)C1OC(n2cnc3c(NCc4ccccc4OC4CCCC4)ncnc32)C(O)C1N=[N+]=[N-]. The van der Waals surface area contributed by atoms with Crippen molar-refractivity contribution in [1.29, 1.82) is 0 Å². The Bertz CT molecular complexity index is 1290. The van der Waals surface area contributed by atoms with E-state index in [1.165, 1.54) is 37.1 Å². The molecule has 5 rings (SSSR count). The van der Waals surface area contributed by atoms with E-state index in [4.69, 9.17) is 15.0 Å². The summed E-state index contributed by atoms with van der Waals surface area (Å²) < 4.78 is 13.5. The summed E-state index contributed by atoms with van der Waals surface area (Å²) in [4.78, 5) is 28.1. The van der Waals surface area contributed by atoms with E-state index in [1.54, 1.807) is 0 Å². The van der Waals surface area contributed by atoms with Crippen LogP contribution in [0.15, 0.2) is 42.0 Å². The topological polar surface area (TPSA) is 172 Å². The number of carbonyl (C=O) groups excluding carboxylic acids is 1. The van der Waals surface area contributed by atoms with Gasteiger partial charge in [-0.2, -0.15) is 0 Å². The molecule has 4 atom stereocenters. The number of aromatic nitrogens is 4. The van der Waals surface area contributed by atoms with Gasteiger partial charge < -0.3 is 25.2 Å². The Morgan fingerprint density at radius 1 is 1.31 bits per heavy atom. The minimum atomic E-state index is -1.29. The average molecular weight is 494 g/mol. The van der Waals surface area contributed by atoms with Crippen molar-refractivity contribution in [3.8, 4) is 5.75 Å². The van der Waals surface area contributed by atoms with Gasteiger partial charge in [0.25, 0.3) is 0 Å². The molecular weight excluding hydrogens is 466 g/mol. The first kappa shape index (κ1) is 23.8. The van der Waals surface area contributed by atoms with E-state index >= 15 is 0 Å². The van der Waals surface area contributed by atoms with Gasteiger partial charge in [-0.1, -0.05) is 23.3 Å². The largest absolute Gasteiger partial charge is 0.490 e. The number of ether oxygens (including phenoxy) is 2. The number of likely N-dealkylation sites (N-methyl/N-ethyl adjacent to an activating group) is 1. The van der Waals surface area contributed by atoms with Crippen molar-refractivity contribution in [1.82, 2.24) is 24.8 Å². The molecule has 0 radical (unpaired) electrons. The van der Waals surface area contributed by atoms with Crippen molar-refractivity contribution in [3.05, 3.63) is 52.9 Å². The highest BCUT2D eigenvalue weighted by atomic mass is 16.5. The molecule has 1 aliphatic heterocycles. The van der Waals surface area contributed by atoms with Crippen LogP contribution in [0.1, 0.15) is 37.5 Å². The van der Waals surface area contributed by atoms with Crippen molar-refractivity contribution in [2.45, 2.75) is 62.8 Å². The zero-order valence-corrected chi connectivity index (χ0v) is 19.7. The lowest BCUT2D eigenvalue weighted by Gasteiger charge is -2.17. The number of aliphatic hydroxyl groups excluding tert-OH is 1. The van der Waals surface area contributed by atoms with E-state index < -0.39 is 30.4 Å². The molecule has 2 aliphatic rings. The van der Waals surface area contributed by atoms with Gasteiger partial charge in [-0.15, -0.1) is 0 Å². The van der Waals surface area contributed by atoms with E-state index in [2.05, 4.69) is 35.6 Å². The Morgan fingerprint density at radius 3 is 2.89 bits per heavy atom. The Kier molecular flexibility index (Phi) is 6.85. The Morgan fingerprint density at radius 2 is 2.11 bits per heavy atom. The number of para-hydroxylation sites is 1. The van der Waals surface area contributed by atoms with Crippen molar-refractivity contribution in [3.63, 3.8) is 0 Å². The second-order valence-corrected chi connectivity index (χ2v) is 8.78. The predicted octanol–water partition coefficient (Wildman–Crippen LogP) is 2.44. The fourth-order valence-corrected chi connectivity index (χ4v) is 4.73. The van der Waals surface area contributed by atoms with Crippen LogP contribution in [0.4, 0.5) is 5.82 Å². The van der Waals surface area contributed by atoms with Crippen LogP contribution < -0.4 is 15.4 Å².